The second-order valence-corrected chi connectivity index (χ2v) is 7.07. The zero-order chi connectivity index (χ0) is 18.6. The Bertz CT molecular complexity index is 882. The van der Waals surface area contributed by atoms with Gasteiger partial charge in [0.2, 0.25) is 0 Å². The van der Waals surface area contributed by atoms with Crippen LogP contribution in [0, 0.1) is 11.3 Å². The molecule has 1 amide bonds. The van der Waals surface area contributed by atoms with E-state index in [-0.39, 0.29) is 10.7 Å². The van der Waals surface area contributed by atoms with Gasteiger partial charge < -0.3 is 5.32 Å². The van der Waals surface area contributed by atoms with Gasteiger partial charge in [0.05, 0.1) is 16.3 Å². The van der Waals surface area contributed by atoms with Gasteiger partial charge in [-0.15, -0.1) is 0 Å². The zero-order valence-corrected chi connectivity index (χ0v) is 15.5. The molecule has 4 nitrogen and oxygen atoms in total. The molecule has 1 N–H and O–H groups in total. The van der Waals surface area contributed by atoms with E-state index < -0.39 is 11.4 Å². The lowest BCUT2D eigenvalue weighted by Gasteiger charge is -2.31. The Morgan fingerprint density at radius 3 is 2.50 bits per heavy atom. The number of pyridine rings is 1. The van der Waals surface area contributed by atoms with E-state index in [1.807, 2.05) is 36.4 Å². The van der Waals surface area contributed by atoms with Gasteiger partial charge in [0.1, 0.15) is 16.8 Å². The lowest BCUT2D eigenvalue weighted by molar-refractivity contribution is -0.119. The zero-order valence-electron chi connectivity index (χ0n) is 14.0. The fourth-order valence-electron chi connectivity index (χ4n) is 3.33. The van der Waals surface area contributed by atoms with Gasteiger partial charge in [0.15, 0.2) is 0 Å². The smallest absolute Gasteiger partial charge is 0.262 e. The van der Waals surface area contributed by atoms with Crippen LogP contribution in [0.4, 0.5) is 0 Å². The third-order valence-corrected chi connectivity index (χ3v) is 5.15. The van der Waals surface area contributed by atoms with Crippen LogP contribution >= 0.6 is 23.2 Å². The Balaban J connectivity index is 1.90. The van der Waals surface area contributed by atoms with Crippen LogP contribution in [0.25, 0.3) is 6.08 Å². The minimum Gasteiger partial charge on any atom is -0.342 e. The molecule has 1 aromatic heterocycles. The third kappa shape index (κ3) is 3.90. The van der Waals surface area contributed by atoms with Crippen molar-refractivity contribution in [3.05, 3.63) is 69.5 Å². The highest BCUT2D eigenvalue weighted by Gasteiger charge is 2.37. The second kappa shape index (κ2) is 7.90. The number of amides is 1. The largest absolute Gasteiger partial charge is 0.342 e. The van der Waals surface area contributed by atoms with Gasteiger partial charge in [0.25, 0.3) is 5.91 Å². The maximum absolute atomic E-state index is 12.8. The Morgan fingerprint density at radius 1 is 1.15 bits per heavy atom. The molecule has 1 heterocycles. The predicted octanol–water partition coefficient (Wildman–Crippen LogP) is 4.88. The molecule has 0 aliphatic heterocycles. The van der Waals surface area contributed by atoms with Crippen molar-refractivity contribution in [2.45, 2.75) is 31.2 Å². The molecule has 3 rings (SSSR count). The van der Waals surface area contributed by atoms with Crippen molar-refractivity contribution in [2.24, 2.45) is 0 Å². The molecule has 0 unspecified atom stereocenters. The molecule has 0 bridgehead atoms. The highest BCUT2D eigenvalue weighted by atomic mass is 35.5. The highest BCUT2D eigenvalue weighted by molar-refractivity contribution is 6.33. The lowest BCUT2D eigenvalue weighted by Crippen LogP contribution is -2.44. The van der Waals surface area contributed by atoms with Crippen LogP contribution in [0.5, 0.6) is 0 Å². The van der Waals surface area contributed by atoms with Crippen LogP contribution < -0.4 is 5.32 Å². The third-order valence-electron chi connectivity index (χ3n) is 4.62. The lowest BCUT2D eigenvalue weighted by atomic mass is 9.88. The molecule has 26 heavy (non-hydrogen) atoms. The van der Waals surface area contributed by atoms with Crippen molar-refractivity contribution in [3.63, 3.8) is 0 Å². The van der Waals surface area contributed by atoms with E-state index >= 15 is 0 Å². The SMILES string of the molecule is N#CC(=Cc1nc(Cl)ccc1Cl)C(=O)NC1(c2ccccc2)CCCC1. The topological polar surface area (TPSA) is 65.8 Å². The molecule has 0 spiro atoms. The van der Waals surface area contributed by atoms with Gasteiger partial charge in [-0.2, -0.15) is 5.26 Å². The Kier molecular flexibility index (Phi) is 5.61. The van der Waals surface area contributed by atoms with Gasteiger partial charge in [-0.1, -0.05) is 66.4 Å². The standard InChI is InChI=1S/C20H17Cl2N3O/c21-16-8-9-18(22)24-17(16)12-14(13-23)19(26)25-20(10-4-5-11-20)15-6-2-1-3-7-15/h1-3,6-9,12H,4-5,10-11H2,(H,25,26). The van der Waals surface area contributed by atoms with E-state index in [9.17, 15) is 10.1 Å². The summed E-state index contributed by atoms with van der Waals surface area (Å²) >= 11 is 12.0. The van der Waals surface area contributed by atoms with E-state index in [1.165, 1.54) is 6.08 Å². The number of nitrogens with one attached hydrogen (secondary N) is 1. The van der Waals surface area contributed by atoms with Gasteiger partial charge in [-0.05, 0) is 36.6 Å². The monoisotopic (exact) mass is 385 g/mol. The van der Waals surface area contributed by atoms with E-state index in [2.05, 4.69) is 10.3 Å². The van der Waals surface area contributed by atoms with Crippen molar-refractivity contribution in [2.75, 3.05) is 0 Å². The Labute approximate surface area is 162 Å². The molecule has 6 heteroatoms. The van der Waals surface area contributed by atoms with Crippen molar-refractivity contribution < 1.29 is 4.79 Å². The first-order valence-electron chi connectivity index (χ1n) is 8.36. The fourth-order valence-corrected chi connectivity index (χ4v) is 3.64. The van der Waals surface area contributed by atoms with E-state index in [0.29, 0.717) is 10.7 Å². The molecule has 0 radical (unpaired) electrons. The summed E-state index contributed by atoms with van der Waals surface area (Å²) in [6.45, 7) is 0. The summed E-state index contributed by atoms with van der Waals surface area (Å²) in [6, 6.07) is 15.0. The molecular weight excluding hydrogens is 369 g/mol. The molecule has 0 atom stereocenters. The summed E-state index contributed by atoms with van der Waals surface area (Å²) in [4.78, 5) is 16.9. The fraction of sp³-hybridized carbons (Fsp3) is 0.250. The number of halogens is 2. The predicted molar refractivity (Wildman–Crippen MR) is 103 cm³/mol. The van der Waals surface area contributed by atoms with Crippen LogP contribution in [0.1, 0.15) is 36.9 Å². The first kappa shape index (κ1) is 18.4. The van der Waals surface area contributed by atoms with Crippen LogP contribution in [0.2, 0.25) is 10.2 Å². The average molecular weight is 386 g/mol. The van der Waals surface area contributed by atoms with Crippen molar-refractivity contribution in [1.82, 2.24) is 10.3 Å². The van der Waals surface area contributed by atoms with Gasteiger partial charge in [-0.3, -0.25) is 4.79 Å². The number of nitrogens with zero attached hydrogens (tertiary/aromatic N) is 2. The summed E-state index contributed by atoms with van der Waals surface area (Å²) in [5.41, 5.74) is 0.858. The quantitative estimate of drug-likeness (QED) is 0.463. The van der Waals surface area contributed by atoms with E-state index in [0.717, 1.165) is 31.2 Å². The molecule has 1 saturated carbocycles. The molecule has 1 fully saturated rings. The first-order chi connectivity index (χ1) is 12.5. The number of rotatable bonds is 4. The van der Waals surface area contributed by atoms with E-state index in [1.54, 1.807) is 12.1 Å². The van der Waals surface area contributed by atoms with Crippen LogP contribution in [-0.2, 0) is 10.3 Å². The van der Waals surface area contributed by atoms with Crippen LogP contribution in [0.3, 0.4) is 0 Å². The Hall–Kier alpha value is -2.35. The summed E-state index contributed by atoms with van der Waals surface area (Å²) in [5.74, 6) is -0.434. The minimum atomic E-state index is -0.445. The molecule has 1 aromatic carbocycles. The van der Waals surface area contributed by atoms with Gasteiger partial charge >= 0.3 is 0 Å². The minimum absolute atomic E-state index is 0.0520. The molecular formula is C20H17Cl2N3O. The molecule has 1 aliphatic carbocycles. The first-order valence-corrected chi connectivity index (χ1v) is 9.11. The van der Waals surface area contributed by atoms with Gasteiger partial charge in [-0.25, -0.2) is 4.98 Å². The average Bonchev–Trinajstić information content (AvgIpc) is 3.12. The molecule has 1 aliphatic rings. The molecule has 132 valence electrons. The maximum Gasteiger partial charge on any atom is 0.262 e. The highest BCUT2D eigenvalue weighted by Crippen LogP contribution is 2.38. The van der Waals surface area contributed by atoms with Crippen molar-refractivity contribution in [1.29, 1.82) is 5.26 Å². The number of benzene rings is 1. The van der Waals surface area contributed by atoms with Crippen LogP contribution in [0.15, 0.2) is 48.0 Å². The van der Waals surface area contributed by atoms with Crippen molar-refractivity contribution in [3.8, 4) is 6.07 Å². The normalized spacial score (nSPS) is 16.1. The number of aromatic nitrogens is 1. The van der Waals surface area contributed by atoms with Crippen molar-refractivity contribution >= 4 is 35.2 Å². The Morgan fingerprint density at radius 2 is 1.85 bits per heavy atom. The molecule has 2 aromatic rings. The number of carbonyl (C=O) groups excluding carboxylic acids is 1. The number of hydrogen-bond acceptors (Lipinski definition) is 3. The maximum atomic E-state index is 12.8. The summed E-state index contributed by atoms with van der Waals surface area (Å²) < 4.78 is 0. The summed E-state index contributed by atoms with van der Waals surface area (Å²) in [5, 5.41) is 13.1. The number of carbonyl (C=O) groups is 1. The van der Waals surface area contributed by atoms with Crippen LogP contribution in [-0.4, -0.2) is 10.9 Å². The molecule has 0 saturated heterocycles. The summed E-state index contributed by atoms with van der Waals surface area (Å²) in [6.07, 6.45) is 5.12. The summed E-state index contributed by atoms with van der Waals surface area (Å²) in [7, 11) is 0. The van der Waals surface area contributed by atoms with Gasteiger partial charge in [0, 0.05) is 0 Å². The number of nitriles is 1. The number of hydrogen-bond donors (Lipinski definition) is 1. The second-order valence-electron chi connectivity index (χ2n) is 6.28. The van der Waals surface area contributed by atoms with E-state index in [4.69, 9.17) is 23.2 Å².